The summed E-state index contributed by atoms with van der Waals surface area (Å²) in [5.41, 5.74) is 1.94. The Morgan fingerprint density at radius 3 is 2.29 bits per heavy atom. The van der Waals surface area contributed by atoms with Crippen molar-refractivity contribution in [3.8, 4) is 5.75 Å². The molecular weight excluding hydrogens is 646 g/mol. The Balaban J connectivity index is 0.948. The second-order valence-electron chi connectivity index (χ2n) is 12.5. The van der Waals surface area contributed by atoms with Crippen LogP contribution in [0.2, 0.25) is 0 Å². The van der Waals surface area contributed by atoms with Crippen molar-refractivity contribution in [2.24, 2.45) is 0 Å². The van der Waals surface area contributed by atoms with Gasteiger partial charge in [0.15, 0.2) is 5.60 Å². The van der Waals surface area contributed by atoms with Crippen LogP contribution in [0.5, 0.6) is 5.75 Å². The second kappa shape index (κ2) is 16.0. The summed E-state index contributed by atoms with van der Waals surface area (Å²) >= 11 is 0. The SMILES string of the molecule is CN(CCNC(=O)c1ccc(CCNC[C@H](O)c2ccc(O)c3[nH]c(=O)ccc23)cc1)Cc1cnc(C(O)(c2ccccc2)c2ccccc2)o1. The lowest BCUT2D eigenvalue weighted by Crippen LogP contribution is -2.32. The number of aromatic nitrogens is 2. The molecule has 262 valence electrons. The molecule has 0 fully saturated rings. The molecule has 1 atom stereocenters. The van der Waals surface area contributed by atoms with Gasteiger partial charge in [-0.2, -0.15) is 0 Å². The number of pyridine rings is 1. The Hall–Kier alpha value is -5.59. The number of phenolic OH excluding ortho intramolecular Hbond substituents is 1. The third-order valence-corrected chi connectivity index (χ3v) is 8.86. The van der Waals surface area contributed by atoms with Crippen LogP contribution in [0.4, 0.5) is 0 Å². The summed E-state index contributed by atoms with van der Waals surface area (Å²) < 4.78 is 6.10. The standard InChI is InChI=1S/C40H41N5O6/c1-45(26-31-24-43-39(51-31)40(50,29-8-4-2-5-9-29)30-10-6-3-7-11-30)23-22-42-38(49)28-14-12-27(13-15-28)20-21-41-25-35(47)32-16-18-34(46)37-33(32)17-19-36(48)44-37/h2-19,24,35,41,46-47,50H,20-23,25-26H2,1H3,(H,42,49)(H,44,48)/t35-/m0/s1. The predicted octanol–water partition coefficient (Wildman–Crippen LogP) is 4.23. The van der Waals surface area contributed by atoms with E-state index in [2.05, 4.69) is 20.6 Å². The summed E-state index contributed by atoms with van der Waals surface area (Å²) in [6.45, 7) is 2.32. The number of oxazole rings is 1. The number of aliphatic hydroxyl groups excluding tert-OH is 1. The molecule has 2 heterocycles. The van der Waals surface area contributed by atoms with E-state index in [0.29, 0.717) is 71.5 Å². The fraction of sp³-hybridized carbons (Fsp3) is 0.225. The monoisotopic (exact) mass is 687 g/mol. The topological polar surface area (TPSA) is 164 Å². The summed E-state index contributed by atoms with van der Waals surface area (Å²) in [6.07, 6.45) is 1.49. The molecule has 0 saturated heterocycles. The van der Waals surface area contributed by atoms with Gasteiger partial charge in [0.2, 0.25) is 11.4 Å². The molecule has 1 amide bonds. The van der Waals surface area contributed by atoms with Crippen LogP contribution in [0.1, 0.15) is 50.4 Å². The van der Waals surface area contributed by atoms with E-state index in [-0.39, 0.29) is 29.7 Å². The molecule has 6 rings (SSSR count). The van der Waals surface area contributed by atoms with E-state index in [1.54, 1.807) is 30.5 Å². The van der Waals surface area contributed by atoms with Crippen molar-refractivity contribution in [2.75, 3.05) is 33.2 Å². The third kappa shape index (κ3) is 8.25. The van der Waals surface area contributed by atoms with Crippen LogP contribution in [0.25, 0.3) is 10.9 Å². The lowest BCUT2D eigenvalue weighted by molar-refractivity contribution is 0.0896. The number of carbonyl (C=O) groups is 1. The summed E-state index contributed by atoms with van der Waals surface area (Å²) in [6, 6.07) is 32.1. The summed E-state index contributed by atoms with van der Waals surface area (Å²) in [5.74, 6) is 0.564. The van der Waals surface area contributed by atoms with Gasteiger partial charge in [0.05, 0.1) is 24.4 Å². The number of H-pyrrole nitrogens is 1. The van der Waals surface area contributed by atoms with Gasteiger partial charge in [-0.25, -0.2) is 4.98 Å². The van der Waals surface area contributed by atoms with Crippen molar-refractivity contribution in [3.05, 3.63) is 165 Å². The van der Waals surface area contributed by atoms with Gasteiger partial charge < -0.3 is 35.4 Å². The largest absolute Gasteiger partial charge is 0.506 e. The zero-order chi connectivity index (χ0) is 35.8. The first kappa shape index (κ1) is 35.2. The lowest BCUT2D eigenvalue weighted by Gasteiger charge is -2.26. The molecule has 0 aliphatic rings. The van der Waals surface area contributed by atoms with E-state index in [4.69, 9.17) is 4.42 Å². The zero-order valence-corrected chi connectivity index (χ0v) is 28.3. The smallest absolute Gasteiger partial charge is 0.251 e. The number of phenols is 1. The molecule has 0 aliphatic heterocycles. The van der Waals surface area contributed by atoms with Gasteiger partial charge in [-0.3, -0.25) is 14.5 Å². The van der Waals surface area contributed by atoms with Crippen molar-refractivity contribution in [1.29, 1.82) is 0 Å². The van der Waals surface area contributed by atoms with E-state index >= 15 is 0 Å². The van der Waals surface area contributed by atoms with Crippen molar-refractivity contribution in [2.45, 2.75) is 24.7 Å². The molecule has 0 bridgehead atoms. The molecule has 0 saturated carbocycles. The Kier molecular flexibility index (Phi) is 11.0. The van der Waals surface area contributed by atoms with E-state index in [1.165, 1.54) is 12.1 Å². The highest BCUT2D eigenvalue weighted by Crippen LogP contribution is 2.36. The van der Waals surface area contributed by atoms with Crippen molar-refractivity contribution in [3.63, 3.8) is 0 Å². The van der Waals surface area contributed by atoms with Crippen LogP contribution >= 0.6 is 0 Å². The number of amides is 1. The fourth-order valence-electron chi connectivity index (χ4n) is 6.08. The summed E-state index contributed by atoms with van der Waals surface area (Å²) in [4.78, 5) is 33.6. The number of benzene rings is 4. The van der Waals surface area contributed by atoms with Crippen molar-refractivity contribution in [1.82, 2.24) is 25.5 Å². The van der Waals surface area contributed by atoms with Crippen LogP contribution in [0, 0.1) is 0 Å². The van der Waals surface area contributed by atoms with Crippen LogP contribution in [-0.4, -0.2) is 69.3 Å². The number of carbonyl (C=O) groups excluding carboxylic acids is 1. The quantitative estimate of drug-likeness (QED) is 0.0868. The molecule has 6 aromatic rings. The molecule has 11 heteroatoms. The molecule has 4 aromatic carbocycles. The summed E-state index contributed by atoms with van der Waals surface area (Å²) in [7, 11) is 1.92. The first-order valence-electron chi connectivity index (χ1n) is 16.8. The Labute approximate surface area is 295 Å². The number of hydrogen-bond donors (Lipinski definition) is 6. The second-order valence-corrected chi connectivity index (χ2v) is 12.5. The number of aliphatic hydroxyl groups is 2. The highest BCUT2D eigenvalue weighted by Gasteiger charge is 2.38. The molecule has 0 spiro atoms. The number of rotatable bonds is 15. The van der Waals surface area contributed by atoms with Gasteiger partial charge in [-0.15, -0.1) is 0 Å². The van der Waals surface area contributed by atoms with Gasteiger partial charge in [-0.05, 0) is 66.5 Å². The maximum Gasteiger partial charge on any atom is 0.251 e. The summed E-state index contributed by atoms with van der Waals surface area (Å²) in [5, 5.41) is 39.6. The average molecular weight is 688 g/mol. The number of hydrogen-bond acceptors (Lipinski definition) is 9. The Bertz CT molecular complexity index is 2080. The van der Waals surface area contributed by atoms with Crippen molar-refractivity contribution >= 4 is 16.8 Å². The molecule has 11 nitrogen and oxygen atoms in total. The number of aromatic hydroxyl groups is 1. The molecule has 0 aliphatic carbocycles. The minimum atomic E-state index is -1.54. The molecule has 2 aromatic heterocycles. The molecule has 0 radical (unpaired) electrons. The van der Waals surface area contributed by atoms with Crippen molar-refractivity contribution < 1.29 is 24.5 Å². The van der Waals surface area contributed by atoms with Crippen LogP contribution < -0.4 is 16.2 Å². The number of nitrogens with one attached hydrogen (secondary N) is 3. The molecule has 51 heavy (non-hydrogen) atoms. The number of fused-ring (bicyclic) bond motifs is 1. The number of nitrogens with zero attached hydrogens (tertiary/aromatic N) is 2. The minimum absolute atomic E-state index is 0.0491. The highest BCUT2D eigenvalue weighted by molar-refractivity contribution is 5.94. The van der Waals surface area contributed by atoms with Gasteiger partial charge >= 0.3 is 0 Å². The van der Waals surface area contributed by atoms with Gasteiger partial charge in [0, 0.05) is 36.7 Å². The predicted molar refractivity (Wildman–Crippen MR) is 194 cm³/mol. The highest BCUT2D eigenvalue weighted by atomic mass is 16.4. The fourth-order valence-corrected chi connectivity index (χ4v) is 6.08. The Morgan fingerprint density at radius 2 is 1.61 bits per heavy atom. The van der Waals surface area contributed by atoms with E-state index in [9.17, 15) is 24.9 Å². The van der Waals surface area contributed by atoms with E-state index in [1.807, 2.05) is 84.7 Å². The van der Waals surface area contributed by atoms with Crippen LogP contribution in [0.3, 0.4) is 0 Å². The Morgan fingerprint density at radius 1 is 0.922 bits per heavy atom. The normalized spacial score (nSPS) is 12.3. The van der Waals surface area contributed by atoms with E-state index in [0.717, 1.165) is 5.56 Å². The van der Waals surface area contributed by atoms with Gasteiger partial charge in [0.1, 0.15) is 11.5 Å². The minimum Gasteiger partial charge on any atom is -0.506 e. The maximum atomic E-state index is 12.8. The maximum absolute atomic E-state index is 12.8. The number of likely N-dealkylation sites (N-methyl/N-ethyl adjacent to an activating group) is 1. The number of aromatic amines is 1. The van der Waals surface area contributed by atoms with Crippen LogP contribution in [0.15, 0.2) is 125 Å². The van der Waals surface area contributed by atoms with Crippen LogP contribution in [-0.2, 0) is 18.6 Å². The molecule has 0 unspecified atom stereocenters. The molecule has 6 N–H and O–H groups in total. The lowest BCUT2D eigenvalue weighted by atomic mass is 9.86. The van der Waals surface area contributed by atoms with Gasteiger partial charge in [0.25, 0.3) is 5.91 Å². The van der Waals surface area contributed by atoms with Gasteiger partial charge in [-0.1, -0.05) is 78.9 Å². The molecular formula is C40H41N5O6. The van der Waals surface area contributed by atoms with E-state index < -0.39 is 11.7 Å². The zero-order valence-electron chi connectivity index (χ0n) is 28.3. The average Bonchev–Trinajstić information content (AvgIpc) is 3.63. The first-order chi connectivity index (χ1) is 24.7. The first-order valence-corrected chi connectivity index (χ1v) is 16.8. The third-order valence-electron chi connectivity index (χ3n) is 8.86.